The highest BCUT2D eigenvalue weighted by atomic mass is 35.5. The first-order valence-electron chi connectivity index (χ1n) is 8.86. The van der Waals surface area contributed by atoms with Crippen LogP contribution in [0.4, 0.5) is 0 Å². The van der Waals surface area contributed by atoms with Crippen molar-refractivity contribution in [3.8, 4) is 11.8 Å². The van der Waals surface area contributed by atoms with Crippen molar-refractivity contribution in [3.05, 3.63) is 101 Å². The molecule has 0 aromatic heterocycles. The van der Waals surface area contributed by atoms with Gasteiger partial charge in [-0.15, -0.1) is 0 Å². The van der Waals surface area contributed by atoms with Crippen LogP contribution in [-0.2, 0) is 11.2 Å². The van der Waals surface area contributed by atoms with E-state index in [9.17, 15) is 10.1 Å². The first-order chi connectivity index (χ1) is 13.6. The van der Waals surface area contributed by atoms with Gasteiger partial charge in [0.1, 0.15) is 5.75 Å². The van der Waals surface area contributed by atoms with Crippen LogP contribution >= 0.6 is 11.6 Å². The van der Waals surface area contributed by atoms with Crippen LogP contribution in [0, 0.1) is 11.3 Å². The zero-order valence-electron chi connectivity index (χ0n) is 15.1. The van der Waals surface area contributed by atoms with Crippen molar-refractivity contribution < 1.29 is 9.53 Å². The number of ether oxygens (including phenoxy) is 1. The van der Waals surface area contributed by atoms with Gasteiger partial charge in [0.25, 0.3) is 0 Å². The van der Waals surface area contributed by atoms with Crippen LogP contribution < -0.4 is 4.74 Å². The monoisotopic (exact) mass is 387 g/mol. The molecule has 0 fully saturated rings. The van der Waals surface area contributed by atoms with Gasteiger partial charge >= 0.3 is 5.97 Å². The molecule has 0 saturated carbocycles. The topological polar surface area (TPSA) is 50.1 Å². The lowest BCUT2D eigenvalue weighted by Crippen LogP contribution is -2.08. The van der Waals surface area contributed by atoms with Gasteiger partial charge < -0.3 is 4.74 Å². The molecule has 3 aromatic rings. The Bertz CT molecular complexity index is 1000. The molecule has 0 aliphatic rings. The molecular weight excluding hydrogens is 370 g/mol. The molecule has 3 nitrogen and oxygen atoms in total. The number of esters is 1. The van der Waals surface area contributed by atoms with Crippen molar-refractivity contribution in [2.24, 2.45) is 0 Å². The lowest BCUT2D eigenvalue weighted by atomic mass is 10.0. The maximum Gasteiger partial charge on any atom is 0.311 e. The van der Waals surface area contributed by atoms with Crippen LogP contribution in [0.2, 0.25) is 5.02 Å². The Morgan fingerprint density at radius 2 is 1.64 bits per heavy atom. The number of halogens is 1. The summed E-state index contributed by atoms with van der Waals surface area (Å²) in [6.45, 7) is 0. The summed E-state index contributed by atoms with van der Waals surface area (Å²) in [5.74, 6) is 0.214. The summed E-state index contributed by atoms with van der Waals surface area (Å²) in [4.78, 5) is 12.0. The Kier molecular flexibility index (Phi) is 6.62. The Morgan fingerprint density at radius 3 is 2.29 bits per heavy atom. The largest absolute Gasteiger partial charge is 0.427 e. The third-order valence-electron chi connectivity index (χ3n) is 4.16. The van der Waals surface area contributed by atoms with Gasteiger partial charge in [0, 0.05) is 11.4 Å². The second kappa shape index (κ2) is 9.55. The molecule has 0 heterocycles. The number of hydrogen-bond donors (Lipinski definition) is 0. The van der Waals surface area contributed by atoms with E-state index in [1.807, 2.05) is 42.5 Å². The van der Waals surface area contributed by atoms with Crippen LogP contribution in [-0.4, -0.2) is 5.97 Å². The molecule has 4 heteroatoms. The van der Waals surface area contributed by atoms with Gasteiger partial charge in [0.05, 0.1) is 11.6 Å². The van der Waals surface area contributed by atoms with Crippen LogP contribution in [0.1, 0.15) is 23.1 Å². The highest BCUT2D eigenvalue weighted by molar-refractivity contribution is 6.30. The van der Waals surface area contributed by atoms with Crippen molar-refractivity contribution in [1.29, 1.82) is 5.26 Å². The number of hydrogen-bond acceptors (Lipinski definition) is 3. The molecule has 3 rings (SSSR count). The summed E-state index contributed by atoms with van der Waals surface area (Å²) in [7, 11) is 0. The second-order valence-corrected chi connectivity index (χ2v) is 6.64. The van der Waals surface area contributed by atoms with E-state index in [2.05, 4.69) is 6.07 Å². The Labute approximate surface area is 169 Å². The van der Waals surface area contributed by atoms with Gasteiger partial charge in [-0.05, 0) is 53.5 Å². The van der Waals surface area contributed by atoms with E-state index in [1.54, 1.807) is 42.5 Å². The summed E-state index contributed by atoms with van der Waals surface area (Å²) < 4.78 is 5.38. The SMILES string of the molecule is N#C/C(=C/c1ccc(OC(=O)CCc2ccccc2)cc1)c1ccc(Cl)cc1. The Balaban J connectivity index is 1.61. The molecule has 0 saturated heterocycles. The van der Waals surface area contributed by atoms with Crippen LogP contribution in [0.5, 0.6) is 5.75 Å². The van der Waals surface area contributed by atoms with E-state index in [4.69, 9.17) is 16.3 Å². The Hall–Kier alpha value is -3.35. The molecule has 0 spiro atoms. The van der Waals surface area contributed by atoms with Crippen molar-refractivity contribution >= 4 is 29.2 Å². The van der Waals surface area contributed by atoms with Crippen molar-refractivity contribution in [2.75, 3.05) is 0 Å². The van der Waals surface area contributed by atoms with Crippen LogP contribution in [0.25, 0.3) is 11.6 Å². The highest BCUT2D eigenvalue weighted by Crippen LogP contribution is 2.21. The number of aryl methyl sites for hydroxylation is 1. The van der Waals surface area contributed by atoms with Gasteiger partial charge in [-0.3, -0.25) is 4.79 Å². The van der Waals surface area contributed by atoms with E-state index in [0.717, 1.165) is 16.7 Å². The lowest BCUT2D eigenvalue weighted by Gasteiger charge is -2.05. The van der Waals surface area contributed by atoms with Crippen LogP contribution in [0.3, 0.4) is 0 Å². The predicted molar refractivity (Wildman–Crippen MR) is 112 cm³/mol. The van der Waals surface area contributed by atoms with E-state index in [0.29, 0.717) is 29.2 Å². The fourth-order valence-electron chi connectivity index (χ4n) is 2.68. The summed E-state index contributed by atoms with van der Waals surface area (Å²) >= 11 is 5.89. The maximum atomic E-state index is 12.0. The van der Waals surface area contributed by atoms with Crippen molar-refractivity contribution in [1.82, 2.24) is 0 Å². The number of nitrogens with zero attached hydrogens (tertiary/aromatic N) is 1. The van der Waals surface area contributed by atoms with Gasteiger partial charge in [-0.1, -0.05) is 66.2 Å². The number of carbonyl (C=O) groups is 1. The molecule has 138 valence electrons. The number of benzene rings is 3. The molecule has 0 amide bonds. The maximum absolute atomic E-state index is 12.0. The summed E-state index contributed by atoms with van der Waals surface area (Å²) in [5.41, 5.74) is 3.27. The molecule has 0 bridgehead atoms. The van der Waals surface area contributed by atoms with Crippen molar-refractivity contribution in [2.45, 2.75) is 12.8 Å². The third kappa shape index (κ3) is 5.57. The minimum atomic E-state index is -0.272. The fourth-order valence-corrected chi connectivity index (χ4v) is 2.81. The minimum absolute atomic E-state index is 0.272. The molecular formula is C24H18ClNO2. The van der Waals surface area contributed by atoms with E-state index in [-0.39, 0.29) is 5.97 Å². The summed E-state index contributed by atoms with van der Waals surface area (Å²) in [6, 6.07) is 26.2. The highest BCUT2D eigenvalue weighted by Gasteiger charge is 2.06. The zero-order valence-corrected chi connectivity index (χ0v) is 15.9. The number of rotatable bonds is 6. The average molecular weight is 388 g/mol. The third-order valence-corrected chi connectivity index (χ3v) is 4.41. The molecule has 0 atom stereocenters. The lowest BCUT2D eigenvalue weighted by molar-refractivity contribution is -0.134. The van der Waals surface area contributed by atoms with Gasteiger partial charge in [-0.25, -0.2) is 0 Å². The molecule has 0 N–H and O–H groups in total. The standard InChI is InChI=1S/C24H18ClNO2/c25-22-11-9-20(10-12-22)21(17-26)16-19-6-13-23(14-7-19)28-24(27)15-8-18-4-2-1-3-5-18/h1-7,9-14,16H,8,15H2/b21-16-. The van der Waals surface area contributed by atoms with Gasteiger partial charge in [0.15, 0.2) is 0 Å². The summed E-state index contributed by atoms with van der Waals surface area (Å²) in [6.07, 6.45) is 2.75. The Morgan fingerprint density at radius 1 is 0.964 bits per heavy atom. The molecule has 0 radical (unpaired) electrons. The number of carbonyl (C=O) groups excluding carboxylic acids is 1. The molecule has 0 unspecified atom stereocenters. The summed E-state index contributed by atoms with van der Waals surface area (Å²) in [5, 5.41) is 10.0. The number of allylic oxidation sites excluding steroid dienone is 1. The van der Waals surface area contributed by atoms with E-state index < -0.39 is 0 Å². The number of nitriles is 1. The van der Waals surface area contributed by atoms with Gasteiger partial charge in [0.2, 0.25) is 0 Å². The first kappa shape index (κ1) is 19.4. The van der Waals surface area contributed by atoms with E-state index in [1.165, 1.54) is 0 Å². The van der Waals surface area contributed by atoms with E-state index >= 15 is 0 Å². The first-order valence-corrected chi connectivity index (χ1v) is 9.24. The zero-order chi connectivity index (χ0) is 19.8. The average Bonchev–Trinajstić information content (AvgIpc) is 2.73. The fraction of sp³-hybridized carbons (Fsp3) is 0.0833. The van der Waals surface area contributed by atoms with Gasteiger partial charge in [-0.2, -0.15) is 5.26 Å². The molecule has 3 aromatic carbocycles. The molecule has 0 aliphatic carbocycles. The smallest absolute Gasteiger partial charge is 0.311 e. The second-order valence-electron chi connectivity index (χ2n) is 6.21. The van der Waals surface area contributed by atoms with Crippen LogP contribution in [0.15, 0.2) is 78.9 Å². The van der Waals surface area contributed by atoms with Crippen molar-refractivity contribution in [3.63, 3.8) is 0 Å². The molecule has 0 aliphatic heterocycles. The molecule has 28 heavy (non-hydrogen) atoms. The minimum Gasteiger partial charge on any atom is -0.427 e. The predicted octanol–water partition coefficient (Wildman–Crippen LogP) is 5.94. The normalized spacial score (nSPS) is 10.9. The quantitative estimate of drug-likeness (QED) is 0.227.